The van der Waals surface area contributed by atoms with Gasteiger partial charge in [0.1, 0.15) is 5.84 Å². The van der Waals surface area contributed by atoms with Gasteiger partial charge in [0.2, 0.25) is 0 Å². The first-order chi connectivity index (χ1) is 8.08. The van der Waals surface area contributed by atoms with Gasteiger partial charge in [-0.3, -0.25) is 5.41 Å². The van der Waals surface area contributed by atoms with Crippen LogP contribution < -0.4 is 5.73 Å². The Morgan fingerprint density at radius 1 is 1.41 bits per heavy atom. The first-order valence-electron chi connectivity index (χ1n) is 5.63. The predicted molar refractivity (Wildman–Crippen MR) is 76.7 cm³/mol. The molecule has 88 valence electrons. The molecular formula is C14H16N2S. The van der Waals surface area contributed by atoms with E-state index in [2.05, 4.69) is 38.1 Å². The van der Waals surface area contributed by atoms with Crippen LogP contribution in [-0.4, -0.2) is 5.84 Å². The Bertz CT molecular complexity index is 579. The van der Waals surface area contributed by atoms with Crippen molar-refractivity contribution in [3.8, 4) is 0 Å². The highest BCUT2D eigenvalue weighted by Crippen LogP contribution is 2.29. The van der Waals surface area contributed by atoms with Gasteiger partial charge in [-0.2, -0.15) is 0 Å². The van der Waals surface area contributed by atoms with E-state index in [1.807, 2.05) is 12.1 Å². The molecule has 0 unspecified atom stereocenters. The third-order valence-electron chi connectivity index (χ3n) is 2.52. The van der Waals surface area contributed by atoms with Crippen LogP contribution in [0.15, 0.2) is 30.3 Å². The lowest BCUT2D eigenvalue weighted by molar-refractivity contribution is 0.836. The average Bonchev–Trinajstić information content (AvgIpc) is 2.70. The zero-order valence-electron chi connectivity index (χ0n) is 10.0. The van der Waals surface area contributed by atoms with E-state index in [4.69, 9.17) is 11.1 Å². The van der Waals surface area contributed by atoms with Crippen molar-refractivity contribution in [2.24, 2.45) is 11.7 Å². The SMILES string of the molecule is CC(C)C=Cc1cccc2sc(C(=N)N)cc12. The van der Waals surface area contributed by atoms with Crippen LogP contribution in [-0.2, 0) is 0 Å². The van der Waals surface area contributed by atoms with Crippen molar-refractivity contribution in [3.05, 3.63) is 40.8 Å². The van der Waals surface area contributed by atoms with Crippen molar-refractivity contribution in [2.75, 3.05) is 0 Å². The van der Waals surface area contributed by atoms with Crippen LogP contribution in [0.3, 0.4) is 0 Å². The third-order valence-corrected chi connectivity index (χ3v) is 3.65. The molecule has 0 aliphatic carbocycles. The van der Waals surface area contributed by atoms with Crippen LogP contribution >= 0.6 is 11.3 Å². The molecule has 0 radical (unpaired) electrons. The van der Waals surface area contributed by atoms with Gasteiger partial charge in [0.05, 0.1) is 4.88 Å². The van der Waals surface area contributed by atoms with Crippen LogP contribution in [0.5, 0.6) is 0 Å². The molecule has 0 fully saturated rings. The largest absolute Gasteiger partial charge is 0.383 e. The number of nitrogens with two attached hydrogens (primary N) is 1. The lowest BCUT2D eigenvalue weighted by atomic mass is 10.1. The maximum Gasteiger partial charge on any atom is 0.133 e. The molecule has 0 saturated carbocycles. The normalized spacial score (nSPS) is 11.7. The summed E-state index contributed by atoms with van der Waals surface area (Å²) in [7, 11) is 0. The van der Waals surface area contributed by atoms with Gasteiger partial charge in [-0.25, -0.2) is 0 Å². The van der Waals surface area contributed by atoms with Gasteiger partial charge in [0, 0.05) is 10.1 Å². The summed E-state index contributed by atoms with van der Waals surface area (Å²) >= 11 is 1.57. The van der Waals surface area contributed by atoms with E-state index in [0.29, 0.717) is 5.92 Å². The number of allylic oxidation sites excluding steroid dienone is 1. The topological polar surface area (TPSA) is 49.9 Å². The number of nitrogens with one attached hydrogen (secondary N) is 1. The molecule has 0 atom stereocenters. The number of fused-ring (bicyclic) bond motifs is 1. The Hall–Kier alpha value is -1.61. The van der Waals surface area contributed by atoms with E-state index < -0.39 is 0 Å². The fourth-order valence-electron chi connectivity index (χ4n) is 1.66. The fourth-order valence-corrected chi connectivity index (χ4v) is 2.61. The number of thiophene rings is 1. The van der Waals surface area contributed by atoms with Gasteiger partial charge in [-0.05, 0) is 23.6 Å². The summed E-state index contributed by atoms with van der Waals surface area (Å²) in [5, 5.41) is 8.66. The van der Waals surface area contributed by atoms with Gasteiger partial charge in [0.25, 0.3) is 0 Å². The van der Waals surface area contributed by atoms with Crippen LogP contribution in [0.4, 0.5) is 0 Å². The van der Waals surface area contributed by atoms with E-state index >= 15 is 0 Å². The predicted octanol–water partition coefficient (Wildman–Crippen LogP) is 3.85. The second kappa shape index (κ2) is 4.72. The second-order valence-electron chi connectivity index (χ2n) is 4.39. The second-order valence-corrected chi connectivity index (χ2v) is 5.47. The van der Waals surface area contributed by atoms with E-state index in [9.17, 15) is 0 Å². The molecule has 0 amide bonds. The zero-order chi connectivity index (χ0) is 12.4. The molecule has 1 aromatic heterocycles. The number of hydrogen-bond donors (Lipinski definition) is 2. The molecule has 3 N–H and O–H groups in total. The first-order valence-corrected chi connectivity index (χ1v) is 6.44. The highest BCUT2D eigenvalue weighted by molar-refractivity contribution is 7.20. The molecule has 0 saturated heterocycles. The Morgan fingerprint density at radius 2 is 2.18 bits per heavy atom. The molecule has 1 heterocycles. The van der Waals surface area contributed by atoms with Gasteiger partial charge < -0.3 is 5.73 Å². The van der Waals surface area contributed by atoms with Crippen LogP contribution in [0.1, 0.15) is 24.3 Å². The van der Waals surface area contributed by atoms with Crippen molar-refractivity contribution in [3.63, 3.8) is 0 Å². The lowest BCUT2D eigenvalue weighted by Gasteiger charge is -1.97. The van der Waals surface area contributed by atoms with Crippen LogP contribution in [0.2, 0.25) is 0 Å². The molecule has 17 heavy (non-hydrogen) atoms. The minimum absolute atomic E-state index is 0.144. The molecule has 3 heteroatoms. The van der Waals surface area contributed by atoms with Gasteiger partial charge in [0.15, 0.2) is 0 Å². The molecule has 2 rings (SSSR count). The van der Waals surface area contributed by atoms with E-state index in [0.717, 1.165) is 4.88 Å². The summed E-state index contributed by atoms with van der Waals surface area (Å²) in [6.45, 7) is 4.32. The summed E-state index contributed by atoms with van der Waals surface area (Å²) < 4.78 is 1.18. The molecule has 0 spiro atoms. The molecule has 0 aliphatic heterocycles. The number of rotatable bonds is 3. The fraction of sp³-hybridized carbons (Fsp3) is 0.214. The van der Waals surface area contributed by atoms with Crippen molar-refractivity contribution in [2.45, 2.75) is 13.8 Å². The van der Waals surface area contributed by atoms with E-state index in [1.165, 1.54) is 15.6 Å². The molecular weight excluding hydrogens is 228 g/mol. The lowest BCUT2D eigenvalue weighted by Crippen LogP contribution is -2.08. The van der Waals surface area contributed by atoms with Crippen molar-refractivity contribution < 1.29 is 0 Å². The Kier molecular flexibility index (Phi) is 3.29. The average molecular weight is 244 g/mol. The summed E-state index contributed by atoms with van der Waals surface area (Å²) in [5.74, 6) is 0.682. The van der Waals surface area contributed by atoms with Crippen molar-refractivity contribution in [1.29, 1.82) is 5.41 Å². The monoisotopic (exact) mass is 244 g/mol. The number of nitrogen functional groups attached to an aromatic ring is 1. The maximum atomic E-state index is 7.48. The number of hydrogen-bond acceptors (Lipinski definition) is 2. The minimum atomic E-state index is 0.144. The van der Waals surface area contributed by atoms with Gasteiger partial charge in [-0.15, -0.1) is 11.3 Å². The van der Waals surface area contributed by atoms with Crippen LogP contribution in [0.25, 0.3) is 16.2 Å². The highest BCUT2D eigenvalue weighted by atomic mass is 32.1. The molecule has 0 bridgehead atoms. The number of amidine groups is 1. The molecule has 0 aliphatic rings. The van der Waals surface area contributed by atoms with Crippen molar-refractivity contribution >= 4 is 33.3 Å². The Balaban J connectivity index is 2.53. The van der Waals surface area contributed by atoms with Gasteiger partial charge >= 0.3 is 0 Å². The Labute approximate surface area is 105 Å². The summed E-state index contributed by atoms with van der Waals surface area (Å²) in [5.41, 5.74) is 6.72. The summed E-state index contributed by atoms with van der Waals surface area (Å²) in [6, 6.07) is 8.21. The van der Waals surface area contributed by atoms with Crippen molar-refractivity contribution in [1.82, 2.24) is 0 Å². The standard InChI is InChI=1S/C14H16N2S/c1-9(2)6-7-10-4-3-5-12-11(10)8-13(17-12)14(15)16/h3-9H,1-2H3,(H3,15,16). The Morgan fingerprint density at radius 3 is 2.82 bits per heavy atom. The summed E-state index contributed by atoms with van der Waals surface area (Å²) in [6.07, 6.45) is 4.32. The zero-order valence-corrected chi connectivity index (χ0v) is 10.8. The molecule has 2 nitrogen and oxygen atoms in total. The highest BCUT2D eigenvalue weighted by Gasteiger charge is 2.06. The quantitative estimate of drug-likeness (QED) is 0.625. The number of benzene rings is 1. The molecule has 1 aromatic carbocycles. The summed E-state index contributed by atoms with van der Waals surface area (Å²) in [4.78, 5) is 0.838. The minimum Gasteiger partial charge on any atom is -0.383 e. The van der Waals surface area contributed by atoms with E-state index in [-0.39, 0.29) is 5.84 Å². The smallest absolute Gasteiger partial charge is 0.133 e. The third kappa shape index (κ3) is 2.56. The molecule has 2 aromatic rings. The van der Waals surface area contributed by atoms with Gasteiger partial charge in [-0.1, -0.05) is 38.1 Å². The first kappa shape index (κ1) is 11.9. The maximum absolute atomic E-state index is 7.48. The van der Waals surface area contributed by atoms with E-state index in [1.54, 1.807) is 11.3 Å². The van der Waals surface area contributed by atoms with Crippen LogP contribution in [0, 0.1) is 11.3 Å².